The fraction of sp³-hybridized carbons (Fsp3) is 0.846. The average molecular weight is 554 g/mol. The van der Waals surface area contributed by atoms with Crippen LogP contribution in [0.5, 0.6) is 0 Å². The van der Waals surface area contributed by atoms with Crippen LogP contribution in [0.15, 0.2) is 0 Å². The molecule has 0 saturated carbocycles. The topological polar surface area (TPSA) is 145 Å². The van der Waals surface area contributed by atoms with E-state index in [1.54, 1.807) is 4.90 Å². The number of hydrogen-bond donors (Lipinski definition) is 2. The van der Waals surface area contributed by atoms with Crippen molar-refractivity contribution < 1.29 is 28.6 Å². The number of cyclic esters (lactones) is 1. The van der Waals surface area contributed by atoms with Crippen molar-refractivity contribution in [1.82, 2.24) is 24.5 Å². The minimum atomic E-state index is -0.612. The van der Waals surface area contributed by atoms with Crippen molar-refractivity contribution in [2.75, 3.05) is 85.6 Å². The second-order valence-corrected chi connectivity index (χ2v) is 11.6. The zero-order valence-electron chi connectivity index (χ0n) is 24.0. The summed E-state index contributed by atoms with van der Waals surface area (Å²) in [6, 6.07) is -0.525. The Hall–Kier alpha value is -2.64. The van der Waals surface area contributed by atoms with E-state index in [2.05, 4.69) is 14.7 Å². The van der Waals surface area contributed by atoms with Gasteiger partial charge in [-0.2, -0.15) is 0 Å². The number of methoxy groups -OCH3 is 1. The molecule has 39 heavy (non-hydrogen) atoms. The van der Waals surface area contributed by atoms with Gasteiger partial charge in [0.05, 0.1) is 13.7 Å². The molecule has 0 aromatic rings. The Balaban J connectivity index is 1.34. The Morgan fingerprint density at radius 2 is 1.62 bits per heavy atom. The number of amides is 2. The maximum atomic E-state index is 12.6. The Kier molecular flexibility index (Phi) is 11.2. The van der Waals surface area contributed by atoms with Crippen LogP contribution < -0.4 is 5.73 Å². The average Bonchev–Trinajstić information content (AvgIpc) is 3.22. The Morgan fingerprint density at radius 1 is 0.974 bits per heavy atom. The molecule has 3 aliphatic rings. The van der Waals surface area contributed by atoms with Crippen LogP contribution in [0.1, 0.15) is 40.0 Å². The predicted molar refractivity (Wildman–Crippen MR) is 146 cm³/mol. The third-order valence-corrected chi connectivity index (χ3v) is 7.31. The van der Waals surface area contributed by atoms with Gasteiger partial charge in [-0.3, -0.25) is 24.9 Å². The second kappa shape index (κ2) is 14.1. The highest BCUT2D eigenvalue weighted by Crippen LogP contribution is 2.18. The van der Waals surface area contributed by atoms with Crippen molar-refractivity contribution in [1.29, 1.82) is 5.41 Å². The summed E-state index contributed by atoms with van der Waals surface area (Å²) in [6.45, 7) is 14.2. The smallest absolute Gasteiger partial charge is 0.411 e. The van der Waals surface area contributed by atoms with Gasteiger partial charge in [0.25, 0.3) is 0 Å². The zero-order chi connectivity index (χ0) is 28.6. The van der Waals surface area contributed by atoms with Crippen LogP contribution in [0.2, 0.25) is 0 Å². The molecule has 3 N–H and O–H groups in total. The van der Waals surface area contributed by atoms with E-state index in [0.29, 0.717) is 39.1 Å². The van der Waals surface area contributed by atoms with E-state index >= 15 is 0 Å². The number of nitrogens with two attached hydrogens (primary N) is 1. The first-order valence-corrected chi connectivity index (χ1v) is 14.0. The van der Waals surface area contributed by atoms with Gasteiger partial charge in [0.15, 0.2) is 0 Å². The summed E-state index contributed by atoms with van der Waals surface area (Å²) in [5.74, 6) is -0.221. The largest absolute Gasteiger partial charge is 0.469 e. The first-order chi connectivity index (χ1) is 18.4. The highest BCUT2D eigenvalue weighted by molar-refractivity contribution is 5.87. The first-order valence-electron chi connectivity index (χ1n) is 14.0. The monoisotopic (exact) mass is 553 g/mol. The van der Waals surface area contributed by atoms with Gasteiger partial charge in [-0.25, -0.2) is 9.59 Å². The molecule has 13 nitrogen and oxygen atoms in total. The Labute approximate surface area is 231 Å². The number of piperazine rings is 2. The molecule has 3 fully saturated rings. The molecule has 3 saturated heterocycles. The van der Waals surface area contributed by atoms with E-state index in [0.717, 1.165) is 58.7 Å². The summed E-state index contributed by atoms with van der Waals surface area (Å²) in [7, 11) is 1.42. The number of ether oxygens (including phenoxy) is 3. The van der Waals surface area contributed by atoms with Crippen LogP contribution in [0.3, 0.4) is 0 Å². The van der Waals surface area contributed by atoms with Crippen LogP contribution in [0.4, 0.5) is 9.59 Å². The highest BCUT2D eigenvalue weighted by atomic mass is 16.6. The molecule has 2 atom stereocenters. The SMILES string of the molecule is COC(=O)CCCN1CCN(CC2CN(CCCN3CCN(C(=O)OC(C)(C)C)C(C(=N)N)C3)C(=O)O2)CC1. The summed E-state index contributed by atoms with van der Waals surface area (Å²) in [5.41, 5.74) is 5.21. The van der Waals surface area contributed by atoms with E-state index in [4.69, 9.17) is 25.4 Å². The number of hydrogen-bond acceptors (Lipinski definition) is 10. The zero-order valence-corrected chi connectivity index (χ0v) is 24.0. The van der Waals surface area contributed by atoms with Crippen molar-refractivity contribution in [2.45, 2.75) is 57.8 Å². The number of nitrogens with zero attached hydrogens (tertiary/aromatic N) is 5. The van der Waals surface area contributed by atoms with E-state index < -0.39 is 17.7 Å². The molecule has 3 heterocycles. The van der Waals surface area contributed by atoms with Gasteiger partial charge < -0.3 is 29.7 Å². The van der Waals surface area contributed by atoms with Gasteiger partial charge in [-0.15, -0.1) is 0 Å². The van der Waals surface area contributed by atoms with Crippen molar-refractivity contribution >= 4 is 24.0 Å². The molecule has 0 aliphatic carbocycles. The van der Waals surface area contributed by atoms with E-state index in [1.165, 1.54) is 12.0 Å². The van der Waals surface area contributed by atoms with Gasteiger partial charge >= 0.3 is 18.2 Å². The normalized spacial score (nSPS) is 23.5. The number of rotatable bonds is 11. The predicted octanol–water partition coefficient (Wildman–Crippen LogP) is 0.625. The van der Waals surface area contributed by atoms with Gasteiger partial charge in [0, 0.05) is 65.3 Å². The standard InChI is InChI=1S/C26H47N7O6/c1-26(2,3)39-25(36)33-16-15-30(19-21(33)23(27)28)9-6-10-32-18-20(38-24(32)35)17-31-13-11-29(12-14-31)8-5-7-22(34)37-4/h20-21H,5-19H2,1-4H3,(H3,27,28). The minimum Gasteiger partial charge on any atom is -0.469 e. The third kappa shape index (κ3) is 9.80. The quantitative estimate of drug-likeness (QED) is 0.162. The number of carbonyl (C=O) groups is 3. The molecule has 13 heteroatoms. The lowest BCUT2D eigenvalue weighted by atomic mass is 10.1. The molecule has 3 aliphatic heterocycles. The molecule has 0 spiro atoms. The van der Waals surface area contributed by atoms with Crippen molar-refractivity contribution in [3.63, 3.8) is 0 Å². The lowest BCUT2D eigenvalue weighted by Crippen LogP contribution is -2.60. The summed E-state index contributed by atoms with van der Waals surface area (Å²) in [5, 5.41) is 7.97. The molecule has 0 bridgehead atoms. The Bertz CT molecular complexity index is 858. The molecule has 222 valence electrons. The number of carbonyl (C=O) groups excluding carboxylic acids is 3. The summed E-state index contributed by atoms with van der Waals surface area (Å²) in [4.78, 5) is 46.5. The Morgan fingerprint density at radius 3 is 2.26 bits per heavy atom. The third-order valence-electron chi connectivity index (χ3n) is 7.31. The van der Waals surface area contributed by atoms with Crippen molar-refractivity contribution in [2.24, 2.45) is 5.73 Å². The minimum absolute atomic E-state index is 0.0569. The summed E-state index contributed by atoms with van der Waals surface area (Å²) in [6.07, 6.45) is 1.16. The van der Waals surface area contributed by atoms with E-state index in [9.17, 15) is 14.4 Å². The molecular weight excluding hydrogens is 506 g/mol. The molecule has 0 aromatic heterocycles. The molecule has 2 unspecified atom stereocenters. The van der Waals surface area contributed by atoms with E-state index in [1.807, 2.05) is 20.8 Å². The molecule has 3 rings (SSSR count). The second-order valence-electron chi connectivity index (χ2n) is 11.6. The van der Waals surface area contributed by atoms with Crippen LogP contribution in [-0.4, -0.2) is 152 Å². The maximum absolute atomic E-state index is 12.6. The van der Waals surface area contributed by atoms with Crippen LogP contribution in [-0.2, 0) is 19.0 Å². The summed E-state index contributed by atoms with van der Waals surface area (Å²) < 4.78 is 15.8. The lowest BCUT2D eigenvalue weighted by Gasteiger charge is -2.41. The van der Waals surface area contributed by atoms with Crippen molar-refractivity contribution in [3.05, 3.63) is 0 Å². The van der Waals surface area contributed by atoms with E-state index in [-0.39, 0.29) is 24.0 Å². The van der Waals surface area contributed by atoms with Gasteiger partial charge in [-0.1, -0.05) is 0 Å². The fourth-order valence-corrected chi connectivity index (χ4v) is 5.22. The van der Waals surface area contributed by atoms with Crippen LogP contribution >= 0.6 is 0 Å². The maximum Gasteiger partial charge on any atom is 0.411 e. The molecule has 2 amide bonds. The molecular formula is C26H47N7O6. The fourth-order valence-electron chi connectivity index (χ4n) is 5.22. The van der Waals surface area contributed by atoms with Crippen LogP contribution in [0, 0.1) is 5.41 Å². The number of amidine groups is 1. The van der Waals surface area contributed by atoms with Gasteiger partial charge in [0.2, 0.25) is 0 Å². The van der Waals surface area contributed by atoms with Crippen molar-refractivity contribution in [3.8, 4) is 0 Å². The molecule has 0 aromatic carbocycles. The molecule has 0 radical (unpaired) electrons. The number of nitrogens with one attached hydrogen (secondary N) is 1. The first kappa shape index (κ1) is 30.9. The number of esters is 1. The van der Waals surface area contributed by atoms with Gasteiger partial charge in [-0.05, 0) is 46.7 Å². The summed E-state index contributed by atoms with van der Waals surface area (Å²) >= 11 is 0. The van der Waals surface area contributed by atoms with Gasteiger partial charge in [0.1, 0.15) is 23.6 Å². The lowest BCUT2D eigenvalue weighted by molar-refractivity contribution is -0.140. The highest BCUT2D eigenvalue weighted by Gasteiger charge is 2.36. The van der Waals surface area contributed by atoms with Crippen LogP contribution in [0.25, 0.3) is 0 Å².